The third-order valence-electron chi connectivity index (χ3n) is 3.30. The number of halogens is 1. The maximum Gasteiger partial charge on any atom is 0.193 e. The summed E-state index contributed by atoms with van der Waals surface area (Å²) in [5, 5.41) is 9.91. The molecule has 3 aromatic rings. The standard InChI is InChI=1S/C19H13ClO3/c20-15-5-11-18(12-6-15)23-17-9-3-14(4-10-17)19(22)13-1-7-16(21)8-2-13/h1-12,21H. The minimum absolute atomic E-state index is 0.108. The monoisotopic (exact) mass is 324 g/mol. The minimum Gasteiger partial charge on any atom is -0.508 e. The van der Waals surface area contributed by atoms with E-state index in [4.69, 9.17) is 16.3 Å². The van der Waals surface area contributed by atoms with Crippen LogP contribution < -0.4 is 4.74 Å². The van der Waals surface area contributed by atoms with Crippen molar-refractivity contribution in [2.45, 2.75) is 0 Å². The maximum absolute atomic E-state index is 12.3. The fourth-order valence-electron chi connectivity index (χ4n) is 2.09. The number of ether oxygens (including phenoxy) is 1. The molecule has 0 amide bonds. The first-order valence-electron chi connectivity index (χ1n) is 6.99. The van der Waals surface area contributed by atoms with E-state index >= 15 is 0 Å². The summed E-state index contributed by atoms with van der Waals surface area (Å²) in [4.78, 5) is 12.3. The zero-order valence-corrected chi connectivity index (χ0v) is 12.8. The van der Waals surface area contributed by atoms with E-state index in [9.17, 15) is 9.90 Å². The van der Waals surface area contributed by atoms with Gasteiger partial charge in [-0.1, -0.05) is 11.6 Å². The Morgan fingerprint density at radius 3 is 1.70 bits per heavy atom. The summed E-state index contributed by atoms with van der Waals surface area (Å²) in [6.07, 6.45) is 0. The molecule has 114 valence electrons. The molecule has 0 atom stereocenters. The molecule has 0 aromatic heterocycles. The fraction of sp³-hybridized carbons (Fsp3) is 0. The van der Waals surface area contributed by atoms with E-state index in [0.29, 0.717) is 27.6 Å². The van der Waals surface area contributed by atoms with Gasteiger partial charge in [0.2, 0.25) is 0 Å². The van der Waals surface area contributed by atoms with Crippen LogP contribution >= 0.6 is 11.6 Å². The lowest BCUT2D eigenvalue weighted by Crippen LogP contribution is -2.00. The lowest BCUT2D eigenvalue weighted by Gasteiger charge is -2.07. The van der Waals surface area contributed by atoms with E-state index in [2.05, 4.69) is 0 Å². The summed E-state index contributed by atoms with van der Waals surface area (Å²) in [6.45, 7) is 0. The third-order valence-corrected chi connectivity index (χ3v) is 3.55. The van der Waals surface area contributed by atoms with Gasteiger partial charge in [0.05, 0.1) is 0 Å². The number of carbonyl (C=O) groups excluding carboxylic acids is 1. The summed E-state index contributed by atoms with van der Waals surface area (Å²) >= 11 is 5.83. The predicted molar refractivity (Wildman–Crippen MR) is 89.5 cm³/mol. The van der Waals surface area contributed by atoms with Crippen LogP contribution in [0.3, 0.4) is 0 Å². The quantitative estimate of drug-likeness (QED) is 0.682. The first-order valence-corrected chi connectivity index (χ1v) is 7.37. The Balaban J connectivity index is 1.75. The van der Waals surface area contributed by atoms with Crippen molar-refractivity contribution in [3.8, 4) is 17.2 Å². The number of aromatic hydroxyl groups is 1. The Labute approximate surface area is 138 Å². The van der Waals surface area contributed by atoms with Crippen molar-refractivity contribution in [2.24, 2.45) is 0 Å². The Kier molecular flexibility index (Phi) is 4.31. The topological polar surface area (TPSA) is 46.5 Å². The minimum atomic E-state index is -0.108. The van der Waals surface area contributed by atoms with Crippen LogP contribution in [0.15, 0.2) is 72.8 Å². The Morgan fingerprint density at radius 2 is 1.17 bits per heavy atom. The highest BCUT2D eigenvalue weighted by Crippen LogP contribution is 2.24. The molecule has 3 aromatic carbocycles. The summed E-state index contributed by atoms with van der Waals surface area (Å²) in [5.74, 6) is 1.33. The second kappa shape index (κ2) is 6.55. The second-order valence-electron chi connectivity index (χ2n) is 4.96. The van der Waals surface area contributed by atoms with Crippen molar-refractivity contribution in [2.75, 3.05) is 0 Å². The Morgan fingerprint density at radius 1 is 0.739 bits per heavy atom. The van der Waals surface area contributed by atoms with E-state index in [-0.39, 0.29) is 11.5 Å². The number of benzene rings is 3. The Hall–Kier alpha value is -2.78. The zero-order valence-electron chi connectivity index (χ0n) is 12.1. The molecule has 0 aliphatic rings. The summed E-state index contributed by atoms with van der Waals surface area (Å²) in [6, 6.07) is 20.1. The second-order valence-corrected chi connectivity index (χ2v) is 5.39. The molecule has 0 aliphatic carbocycles. The molecular formula is C19H13ClO3. The van der Waals surface area contributed by atoms with Crippen LogP contribution in [0, 0.1) is 0 Å². The molecule has 0 aliphatic heterocycles. The van der Waals surface area contributed by atoms with E-state index in [1.807, 2.05) is 0 Å². The largest absolute Gasteiger partial charge is 0.508 e. The number of hydrogen-bond donors (Lipinski definition) is 1. The Bertz CT molecular complexity index is 807. The first kappa shape index (κ1) is 15.1. The zero-order chi connectivity index (χ0) is 16.2. The van der Waals surface area contributed by atoms with Crippen molar-refractivity contribution in [3.63, 3.8) is 0 Å². The number of carbonyl (C=O) groups is 1. The van der Waals surface area contributed by atoms with Crippen molar-refractivity contribution < 1.29 is 14.6 Å². The molecule has 3 nitrogen and oxygen atoms in total. The lowest BCUT2D eigenvalue weighted by molar-refractivity contribution is 0.103. The molecule has 4 heteroatoms. The van der Waals surface area contributed by atoms with Crippen LogP contribution in [0.25, 0.3) is 0 Å². The van der Waals surface area contributed by atoms with E-state index in [1.165, 1.54) is 12.1 Å². The number of phenols is 1. The van der Waals surface area contributed by atoms with Gasteiger partial charge in [0.25, 0.3) is 0 Å². The predicted octanol–water partition coefficient (Wildman–Crippen LogP) is 5.07. The molecule has 0 unspecified atom stereocenters. The van der Waals surface area contributed by atoms with Crippen LogP contribution in [0.2, 0.25) is 5.02 Å². The fourth-order valence-corrected chi connectivity index (χ4v) is 2.22. The molecule has 23 heavy (non-hydrogen) atoms. The molecule has 0 spiro atoms. The molecule has 0 saturated carbocycles. The molecule has 3 rings (SSSR count). The van der Waals surface area contributed by atoms with E-state index < -0.39 is 0 Å². The van der Waals surface area contributed by atoms with E-state index in [0.717, 1.165) is 0 Å². The normalized spacial score (nSPS) is 10.3. The highest BCUT2D eigenvalue weighted by molar-refractivity contribution is 6.30. The van der Waals surface area contributed by atoms with Crippen molar-refractivity contribution in [1.82, 2.24) is 0 Å². The van der Waals surface area contributed by atoms with Gasteiger partial charge in [-0.2, -0.15) is 0 Å². The molecule has 0 heterocycles. The van der Waals surface area contributed by atoms with Crippen LogP contribution in [0.5, 0.6) is 17.2 Å². The van der Waals surface area contributed by atoms with Crippen LogP contribution in [0.4, 0.5) is 0 Å². The molecule has 0 bridgehead atoms. The SMILES string of the molecule is O=C(c1ccc(O)cc1)c1ccc(Oc2ccc(Cl)cc2)cc1. The summed E-state index contributed by atoms with van der Waals surface area (Å²) < 4.78 is 5.69. The highest BCUT2D eigenvalue weighted by atomic mass is 35.5. The average molecular weight is 325 g/mol. The summed E-state index contributed by atoms with van der Waals surface area (Å²) in [5.41, 5.74) is 1.08. The number of ketones is 1. The molecule has 0 fully saturated rings. The number of phenolic OH excluding ortho intramolecular Hbond substituents is 1. The highest BCUT2D eigenvalue weighted by Gasteiger charge is 2.09. The van der Waals surface area contributed by atoms with Crippen LogP contribution in [-0.4, -0.2) is 10.9 Å². The molecular weight excluding hydrogens is 312 g/mol. The van der Waals surface area contributed by atoms with Gasteiger partial charge in [0.1, 0.15) is 17.2 Å². The third kappa shape index (κ3) is 3.71. The van der Waals surface area contributed by atoms with Gasteiger partial charge in [-0.15, -0.1) is 0 Å². The lowest BCUT2D eigenvalue weighted by atomic mass is 10.0. The number of rotatable bonds is 4. The van der Waals surface area contributed by atoms with Crippen LogP contribution in [-0.2, 0) is 0 Å². The van der Waals surface area contributed by atoms with Gasteiger partial charge < -0.3 is 9.84 Å². The van der Waals surface area contributed by atoms with Crippen molar-refractivity contribution >= 4 is 17.4 Å². The summed E-state index contributed by atoms with van der Waals surface area (Å²) in [7, 11) is 0. The molecule has 0 radical (unpaired) electrons. The molecule has 1 N–H and O–H groups in total. The smallest absolute Gasteiger partial charge is 0.193 e. The number of hydrogen-bond acceptors (Lipinski definition) is 3. The first-order chi connectivity index (χ1) is 11.1. The average Bonchev–Trinajstić information content (AvgIpc) is 2.58. The van der Waals surface area contributed by atoms with E-state index in [1.54, 1.807) is 60.7 Å². The van der Waals surface area contributed by atoms with Gasteiger partial charge in [-0.25, -0.2) is 0 Å². The maximum atomic E-state index is 12.3. The van der Waals surface area contributed by atoms with Gasteiger partial charge in [0.15, 0.2) is 5.78 Å². The van der Waals surface area contributed by atoms with Crippen molar-refractivity contribution in [1.29, 1.82) is 0 Å². The molecule has 0 saturated heterocycles. The van der Waals surface area contributed by atoms with Crippen molar-refractivity contribution in [3.05, 3.63) is 88.9 Å². The van der Waals surface area contributed by atoms with Crippen LogP contribution in [0.1, 0.15) is 15.9 Å². The van der Waals surface area contributed by atoms with Gasteiger partial charge in [-0.3, -0.25) is 4.79 Å². The van der Waals surface area contributed by atoms with Gasteiger partial charge in [-0.05, 0) is 72.8 Å². The van der Waals surface area contributed by atoms with Gasteiger partial charge in [0, 0.05) is 16.1 Å². The van der Waals surface area contributed by atoms with Gasteiger partial charge >= 0.3 is 0 Å².